The third-order valence-electron chi connectivity index (χ3n) is 2.50. The number of halogens is 1. The molecular formula is C13H14FN3O3. The van der Waals surface area contributed by atoms with Crippen LogP contribution >= 0.6 is 0 Å². The first kappa shape index (κ1) is 14.1. The number of rotatable bonds is 6. The molecule has 0 bridgehead atoms. The van der Waals surface area contributed by atoms with E-state index in [1.807, 2.05) is 0 Å². The van der Waals surface area contributed by atoms with Crippen LogP contribution in [0.15, 0.2) is 28.7 Å². The van der Waals surface area contributed by atoms with E-state index in [4.69, 9.17) is 9.15 Å². The number of nitrogens with zero attached hydrogens (tertiary/aromatic N) is 2. The zero-order valence-electron chi connectivity index (χ0n) is 10.9. The van der Waals surface area contributed by atoms with Gasteiger partial charge in [-0.05, 0) is 24.6 Å². The van der Waals surface area contributed by atoms with Crippen molar-refractivity contribution in [3.8, 4) is 11.5 Å². The van der Waals surface area contributed by atoms with E-state index in [-0.39, 0.29) is 11.8 Å². The van der Waals surface area contributed by atoms with Crippen molar-refractivity contribution in [1.82, 2.24) is 15.5 Å². The number of hydrogen-bond donors (Lipinski definition) is 1. The molecule has 1 heterocycles. The summed E-state index contributed by atoms with van der Waals surface area (Å²) in [6.45, 7) is 1.00. The lowest BCUT2D eigenvalue weighted by molar-refractivity contribution is 0.0914. The summed E-state index contributed by atoms with van der Waals surface area (Å²) < 4.78 is 23.2. The second-order valence-electron chi connectivity index (χ2n) is 4.02. The Balaban J connectivity index is 2.00. The van der Waals surface area contributed by atoms with E-state index in [2.05, 4.69) is 15.5 Å². The standard InChI is InChI=1S/C13H14FN3O3/c1-19-7-3-6-15-11(18)13-17-16-12(20-13)9-4-2-5-10(14)8-9/h2,4-5,8H,3,6-7H2,1H3,(H,15,18). The van der Waals surface area contributed by atoms with Crippen LogP contribution in [0.1, 0.15) is 17.1 Å². The monoisotopic (exact) mass is 279 g/mol. The highest BCUT2D eigenvalue weighted by atomic mass is 19.1. The molecule has 2 rings (SSSR count). The van der Waals surface area contributed by atoms with Crippen LogP contribution in [0.3, 0.4) is 0 Å². The Hall–Kier alpha value is -2.28. The summed E-state index contributed by atoms with van der Waals surface area (Å²) in [4.78, 5) is 11.7. The maximum Gasteiger partial charge on any atom is 0.308 e. The maximum atomic E-state index is 13.1. The third kappa shape index (κ3) is 3.61. The maximum absolute atomic E-state index is 13.1. The highest BCUT2D eigenvalue weighted by molar-refractivity contribution is 5.89. The van der Waals surface area contributed by atoms with Gasteiger partial charge in [0.15, 0.2) is 0 Å². The highest BCUT2D eigenvalue weighted by Gasteiger charge is 2.15. The summed E-state index contributed by atoms with van der Waals surface area (Å²) in [5, 5.41) is 9.98. The molecule has 1 aromatic heterocycles. The lowest BCUT2D eigenvalue weighted by Gasteiger charge is -2.00. The largest absolute Gasteiger partial charge is 0.412 e. The minimum Gasteiger partial charge on any atom is -0.412 e. The van der Waals surface area contributed by atoms with Crippen molar-refractivity contribution in [2.45, 2.75) is 6.42 Å². The van der Waals surface area contributed by atoms with Gasteiger partial charge in [-0.3, -0.25) is 4.79 Å². The van der Waals surface area contributed by atoms with Gasteiger partial charge in [-0.2, -0.15) is 0 Å². The van der Waals surface area contributed by atoms with E-state index in [9.17, 15) is 9.18 Å². The fourth-order valence-electron chi connectivity index (χ4n) is 1.55. The molecule has 0 fully saturated rings. The Morgan fingerprint density at radius 3 is 3.05 bits per heavy atom. The summed E-state index contributed by atoms with van der Waals surface area (Å²) in [6, 6.07) is 5.72. The van der Waals surface area contributed by atoms with Gasteiger partial charge in [-0.1, -0.05) is 6.07 Å². The molecule has 0 aliphatic heterocycles. The van der Waals surface area contributed by atoms with Crippen LogP contribution in [0.25, 0.3) is 11.5 Å². The Morgan fingerprint density at radius 2 is 2.30 bits per heavy atom. The Bertz CT molecular complexity index is 586. The molecule has 0 aliphatic rings. The predicted octanol–water partition coefficient (Wildman–Crippen LogP) is 1.64. The molecule has 0 saturated heterocycles. The van der Waals surface area contributed by atoms with Crippen molar-refractivity contribution in [2.24, 2.45) is 0 Å². The van der Waals surface area contributed by atoms with Crippen molar-refractivity contribution in [2.75, 3.05) is 20.3 Å². The Labute approximate surface area is 115 Å². The van der Waals surface area contributed by atoms with Crippen molar-refractivity contribution in [3.05, 3.63) is 36.0 Å². The first-order valence-corrected chi connectivity index (χ1v) is 6.07. The third-order valence-corrected chi connectivity index (χ3v) is 2.50. The number of methoxy groups -OCH3 is 1. The molecule has 0 aliphatic carbocycles. The van der Waals surface area contributed by atoms with Crippen molar-refractivity contribution in [3.63, 3.8) is 0 Å². The molecule has 0 unspecified atom stereocenters. The molecule has 0 atom stereocenters. The van der Waals surface area contributed by atoms with E-state index in [0.29, 0.717) is 25.1 Å². The molecule has 6 nitrogen and oxygen atoms in total. The van der Waals surface area contributed by atoms with E-state index in [0.717, 1.165) is 0 Å². The number of carbonyl (C=O) groups excluding carboxylic acids is 1. The normalized spacial score (nSPS) is 10.5. The van der Waals surface area contributed by atoms with Crippen molar-refractivity contribution >= 4 is 5.91 Å². The summed E-state index contributed by atoms with van der Waals surface area (Å²) in [7, 11) is 1.59. The van der Waals surface area contributed by atoms with Gasteiger partial charge in [0.1, 0.15) is 5.82 Å². The summed E-state index contributed by atoms with van der Waals surface area (Å²) in [5.41, 5.74) is 0.427. The second-order valence-corrected chi connectivity index (χ2v) is 4.02. The molecule has 0 saturated carbocycles. The van der Waals surface area contributed by atoms with Crippen LogP contribution in [0.4, 0.5) is 4.39 Å². The van der Waals surface area contributed by atoms with E-state index in [1.54, 1.807) is 13.2 Å². The van der Waals surface area contributed by atoms with Gasteiger partial charge in [-0.15, -0.1) is 10.2 Å². The van der Waals surface area contributed by atoms with Gasteiger partial charge in [0, 0.05) is 25.8 Å². The molecule has 1 aromatic carbocycles. The fraction of sp³-hybridized carbons (Fsp3) is 0.308. The van der Waals surface area contributed by atoms with E-state index < -0.39 is 11.7 Å². The molecule has 1 N–H and O–H groups in total. The smallest absolute Gasteiger partial charge is 0.308 e. The van der Waals surface area contributed by atoms with Gasteiger partial charge in [0.05, 0.1) is 0 Å². The van der Waals surface area contributed by atoms with Crippen LogP contribution in [-0.4, -0.2) is 36.4 Å². The minimum atomic E-state index is -0.462. The number of carbonyl (C=O) groups is 1. The lowest BCUT2D eigenvalue weighted by Crippen LogP contribution is -2.25. The average molecular weight is 279 g/mol. The quantitative estimate of drug-likeness (QED) is 0.813. The molecule has 0 radical (unpaired) electrons. The second kappa shape index (κ2) is 6.76. The molecule has 7 heteroatoms. The first-order valence-electron chi connectivity index (χ1n) is 6.07. The number of benzene rings is 1. The van der Waals surface area contributed by atoms with Crippen LogP contribution in [0.2, 0.25) is 0 Å². The number of amides is 1. The fourth-order valence-corrected chi connectivity index (χ4v) is 1.55. The number of ether oxygens (including phenoxy) is 1. The SMILES string of the molecule is COCCCNC(=O)c1nnc(-c2cccc(F)c2)o1. The average Bonchev–Trinajstić information content (AvgIpc) is 2.93. The molecule has 2 aromatic rings. The first-order chi connectivity index (χ1) is 9.70. The lowest BCUT2D eigenvalue weighted by atomic mass is 10.2. The predicted molar refractivity (Wildman–Crippen MR) is 68.5 cm³/mol. The highest BCUT2D eigenvalue weighted by Crippen LogP contribution is 2.18. The number of nitrogens with one attached hydrogen (secondary N) is 1. The van der Waals surface area contributed by atoms with Gasteiger partial charge in [0.25, 0.3) is 0 Å². The van der Waals surface area contributed by atoms with Gasteiger partial charge in [0.2, 0.25) is 5.89 Å². The van der Waals surface area contributed by atoms with Crippen LogP contribution in [-0.2, 0) is 4.74 Å². The molecular weight excluding hydrogens is 265 g/mol. The molecule has 1 amide bonds. The van der Waals surface area contributed by atoms with Gasteiger partial charge >= 0.3 is 11.8 Å². The van der Waals surface area contributed by atoms with Crippen molar-refractivity contribution in [1.29, 1.82) is 0 Å². The van der Waals surface area contributed by atoms with Crippen LogP contribution < -0.4 is 5.32 Å². The van der Waals surface area contributed by atoms with Crippen LogP contribution in [0, 0.1) is 5.82 Å². The summed E-state index contributed by atoms with van der Waals surface area (Å²) in [5.74, 6) is -0.921. The van der Waals surface area contributed by atoms with Crippen molar-refractivity contribution < 1.29 is 18.3 Å². The van der Waals surface area contributed by atoms with E-state index in [1.165, 1.54) is 18.2 Å². The molecule has 0 spiro atoms. The summed E-state index contributed by atoms with van der Waals surface area (Å²) >= 11 is 0. The topological polar surface area (TPSA) is 77.2 Å². The Kier molecular flexibility index (Phi) is 4.78. The van der Waals surface area contributed by atoms with Gasteiger partial charge in [-0.25, -0.2) is 4.39 Å². The zero-order valence-corrected chi connectivity index (χ0v) is 10.9. The van der Waals surface area contributed by atoms with Gasteiger partial charge < -0.3 is 14.5 Å². The molecule has 106 valence electrons. The molecule has 20 heavy (non-hydrogen) atoms. The number of hydrogen-bond acceptors (Lipinski definition) is 5. The zero-order chi connectivity index (χ0) is 14.4. The minimum absolute atomic E-state index is 0.103. The van der Waals surface area contributed by atoms with E-state index >= 15 is 0 Å². The number of aromatic nitrogens is 2. The van der Waals surface area contributed by atoms with Crippen LogP contribution in [0.5, 0.6) is 0 Å². The summed E-state index contributed by atoms with van der Waals surface area (Å²) in [6.07, 6.45) is 0.688. The Morgan fingerprint density at radius 1 is 1.45 bits per heavy atom.